The van der Waals surface area contributed by atoms with Gasteiger partial charge in [0.05, 0.1) is 25.0 Å². The molecule has 4 nitrogen and oxygen atoms in total. The fourth-order valence-electron chi connectivity index (χ4n) is 4.58. The van der Waals surface area contributed by atoms with Crippen LogP contribution in [0, 0.1) is 17.8 Å². The monoisotopic (exact) mass is 291 g/mol. The van der Waals surface area contributed by atoms with Crippen molar-refractivity contribution in [1.82, 2.24) is 9.78 Å². The van der Waals surface area contributed by atoms with Gasteiger partial charge in [-0.2, -0.15) is 5.10 Å². The molecule has 0 amide bonds. The number of hydrogen-bond acceptors (Lipinski definition) is 3. The Bertz CT molecular complexity index is 449. The van der Waals surface area contributed by atoms with Crippen molar-refractivity contribution in [1.29, 1.82) is 0 Å². The zero-order valence-corrected chi connectivity index (χ0v) is 13.4. The fourth-order valence-corrected chi connectivity index (χ4v) is 4.58. The summed E-state index contributed by atoms with van der Waals surface area (Å²) in [6.07, 6.45) is 11.5. The van der Waals surface area contributed by atoms with E-state index in [9.17, 15) is 0 Å². The molecule has 0 aromatic carbocycles. The lowest BCUT2D eigenvalue weighted by Gasteiger charge is -2.41. The Morgan fingerprint density at radius 2 is 2.05 bits per heavy atom. The Hall–Kier alpha value is -1.03. The van der Waals surface area contributed by atoms with Crippen LogP contribution in [0.15, 0.2) is 6.20 Å². The smallest absolute Gasteiger partial charge is 0.161 e. The summed E-state index contributed by atoms with van der Waals surface area (Å²) < 4.78 is 7.49. The van der Waals surface area contributed by atoms with Gasteiger partial charge in [-0.1, -0.05) is 25.7 Å². The number of rotatable bonds is 4. The van der Waals surface area contributed by atoms with Gasteiger partial charge in [0.15, 0.2) is 5.75 Å². The molecule has 0 bridgehead atoms. The average Bonchev–Trinajstić information content (AvgIpc) is 2.96. The minimum Gasteiger partial charge on any atom is -0.493 e. The van der Waals surface area contributed by atoms with Crippen LogP contribution in [0.25, 0.3) is 0 Å². The van der Waals surface area contributed by atoms with Crippen molar-refractivity contribution in [2.75, 3.05) is 7.11 Å². The van der Waals surface area contributed by atoms with E-state index >= 15 is 0 Å². The van der Waals surface area contributed by atoms with E-state index in [0.29, 0.717) is 5.92 Å². The van der Waals surface area contributed by atoms with Gasteiger partial charge in [-0.15, -0.1) is 0 Å². The SMILES string of the molecule is CCn1ncc(OC)c1C(N)C1CCC2CCCCC2C1. The van der Waals surface area contributed by atoms with Gasteiger partial charge in [0.25, 0.3) is 0 Å². The molecule has 2 aliphatic rings. The van der Waals surface area contributed by atoms with Crippen LogP contribution in [-0.4, -0.2) is 16.9 Å². The van der Waals surface area contributed by atoms with Crippen LogP contribution in [-0.2, 0) is 6.54 Å². The molecule has 1 aromatic heterocycles. The Kier molecular flexibility index (Phi) is 4.53. The van der Waals surface area contributed by atoms with Crippen LogP contribution in [0.4, 0.5) is 0 Å². The number of fused-ring (bicyclic) bond motifs is 1. The Labute approximate surface area is 128 Å². The maximum absolute atomic E-state index is 6.65. The third-order valence-electron chi connectivity index (χ3n) is 5.77. The molecule has 4 atom stereocenters. The van der Waals surface area contributed by atoms with E-state index in [1.165, 1.54) is 44.9 Å². The third-order valence-corrected chi connectivity index (χ3v) is 5.77. The number of ether oxygens (including phenoxy) is 1. The Morgan fingerprint density at radius 3 is 2.76 bits per heavy atom. The highest BCUT2D eigenvalue weighted by molar-refractivity contribution is 5.28. The topological polar surface area (TPSA) is 53.1 Å². The fraction of sp³-hybridized carbons (Fsp3) is 0.824. The third kappa shape index (κ3) is 2.83. The maximum Gasteiger partial charge on any atom is 0.161 e. The summed E-state index contributed by atoms with van der Waals surface area (Å²) in [6.45, 7) is 2.96. The molecule has 1 heterocycles. The number of aromatic nitrogens is 2. The first-order valence-corrected chi connectivity index (χ1v) is 8.59. The minimum absolute atomic E-state index is 0.0604. The number of aryl methyl sites for hydroxylation is 1. The van der Waals surface area contributed by atoms with E-state index in [0.717, 1.165) is 29.8 Å². The molecule has 2 N–H and O–H groups in total. The Balaban J connectivity index is 1.76. The predicted molar refractivity (Wildman–Crippen MR) is 84.2 cm³/mol. The molecule has 118 valence electrons. The van der Waals surface area contributed by atoms with Gasteiger partial charge >= 0.3 is 0 Å². The number of methoxy groups -OCH3 is 1. The van der Waals surface area contributed by atoms with E-state index in [1.807, 2.05) is 10.9 Å². The zero-order chi connectivity index (χ0) is 14.8. The lowest BCUT2D eigenvalue weighted by atomic mass is 9.66. The van der Waals surface area contributed by atoms with Gasteiger partial charge in [0.2, 0.25) is 0 Å². The van der Waals surface area contributed by atoms with Crippen molar-refractivity contribution in [2.45, 2.75) is 64.5 Å². The number of nitrogens with two attached hydrogens (primary N) is 1. The molecule has 2 fully saturated rings. The summed E-state index contributed by atoms with van der Waals surface area (Å²) in [5, 5.41) is 4.41. The first kappa shape index (κ1) is 14.9. The number of hydrogen-bond donors (Lipinski definition) is 1. The summed E-state index contributed by atoms with van der Waals surface area (Å²) in [5.74, 6) is 3.32. The highest BCUT2D eigenvalue weighted by Gasteiger charge is 2.36. The average molecular weight is 291 g/mol. The van der Waals surface area contributed by atoms with Crippen molar-refractivity contribution in [3.05, 3.63) is 11.9 Å². The standard InChI is InChI=1S/C17H29N3O/c1-3-20-17(15(21-2)11-19-20)16(18)14-9-8-12-6-4-5-7-13(12)10-14/h11-14,16H,3-10,18H2,1-2H3. The second-order valence-electron chi connectivity index (χ2n) is 6.82. The van der Waals surface area contributed by atoms with Crippen LogP contribution in [0.1, 0.15) is 63.6 Å². The summed E-state index contributed by atoms with van der Waals surface area (Å²) >= 11 is 0. The lowest BCUT2D eigenvalue weighted by molar-refractivity contribution is 0.115. The van der Waals surface area contributed by atoms with Crippen molar-refractivity contribution >= 4 is 0 Å². The minimum atomic E-state index is 0.0604. The van der Waals surface area contributed by atoms with Gasteiger partial charge in [0, 0.05) is 6.54 Å². The van der Waals surface area contributed by atoms with Crippen molar-refractivity contribution < 1.29 is 4.74 Å². The summed E-state index contributed by atoms with van der Waals surface area (Å²) in [5.41, 5.74) is 7.74. The molecule has 0 radical (unpaired) electrons. The van der Waals surface area contributed by atoms with Gasteiger partial charge in [-0.3, -0.25) is 4.68 Å². The van der Waals surface area contributed by atoms with Crippen molar-refractivity contribution in [3.8, 4) is 5.75 Å². The van der Waals surface area contributed by atoms with Gasteiger partial charge in [-0.05, 0) is 43.9 Å². The predicted octanol–water partition coefficient (Wildman–Crippen LogP) is 3.52. The van der Waals surface area contributed by atoms with Gasteiger partial charge in [-0.25, -0.2) is 0 Å². The molecule has 2 aliphatic carbocycles. The van der Waals surface area contributed by atoms with E-state index in [2.05, 4.69) is 12.0 Å². The van der Waals surface area contributed by atoms with E-state index < -0.39 is 0 Å². The molecular weight excluding hydrogens is 262 g/mol. The second kappa shape index (κ2) is 6.39. The molecule has 4 unspecified atom stereocenters. The molecular formula is C17H29N3O. The van der Waals surface area contributed by atoms with Crippen LogP contribution >= 0.6 is 0 Å². The largest absolute Gasteiger partial charge is 0.493 e. The molecule has 4 heteroatoms. The summed E-state index contributed by atoms with van der Waals surface area (Å²) in [7, 11) is 1.71. The normalized spacial score (nSPS) is 30.7. The van der Waals surface area contributed by atoms with Crippen molar-refractivity contribution in [3.63, 3.8) is 0 Å². The summed E-state index contributed by atoms with van der Waals surface area (Å²) in [4.78, 5) is 0. The van der Waals surface area contributed by atoms with Crippen LogP contribution in [0.5, 0.6) is 5.75 Å². The van der Waals surface area contributed by atoms with E-state index in [4.69, 9.17) is 10.5 Å². The first-order chi connectivity index (χ1) is 10.2. The van der Waals surface area contributed by atoms with E-state index in [1.54, 1.807) is 7.11 Å². The zero-order valence-electron chi connectivity index (χ0n) is 13.4. The van der Waals surface area contributed by atoms with Crippen LogP contribution < -0.4 is 10.5 Å². The molecule has 2 saturated carbocycles. The van der Waals surface area contributed by atoms with Crippen LogP contribution in [0.2, 0.25) is 0 Å². The van der Waals surface area contributed by atoms with Crippen molar-refractivity contribution in [2.24, 2.45) is 23.5 Å². The quantitative estimate of drug-likeness (QED) is 0.923. The molecule has 3 rings (SSSR count). The molecule has 0 saturated heterocycles. The molecule has 21 heavy (non-hydrogen) atoms. The molecule has 0 spiro atoms. The van der Waals surface area contributed by atoms with Crippen LogP contribution in [0.3, 0.4) is 0 Å². The first-order valence-electron chi connectivity index (χ1n) is 8.59. The molecule has 1 aromatic rings. The van der Waals surface area contributed by atoms with Gasteiger partial charge in [0.1, 0.15) is 0 Å². The van der Waals surface area contributed by atoms with E-state index in [-0.39, 0.29) is 6.04 Å². The lowest BCUT2D eigenvalue weighted by Crippen LogP contribution is -2.34. The maximum atomic E-state index is 6.65. The number of nitrogens with zero attached hydrogens (tertiary/aromatic N) is 2. The Morgan fingerprint density at radius 1 is 1.29 bits per heavy atom. The summed E-state index contributed by atoms with van der Waals surface area (Å²) in [6, 6.07) is 0.0604. The molecule has 0 aliphatic heterocycles. The van der Waals surface area contributed by atoms with Gasteiger partial charge < -0.3 is 10.5 Å². The highest BCUT2D eigenvalue weighted by atomic mass is 16.5. The highest BCUT2D eigenvalue weighted by Crippen LogP contribution is 2.46. The second-order valence-corrected chi connectivity index (χ2v) is 6.82.